The van der Waals surface area contributed by atoms with Gasteiger partial charge in [0.2, 0.25) is 0 Å². The van der Waals surface area contributed by atoms with Crippen LogP contribution in [0.2, 0.25) is 0 Å². The van der Waals surface area contributed by atoms with Gasteiger partial charge in [0, 0.05) is 5.41 Å². The van der Waals surface area contributed by atoms with Gasteiger partial charge in [0.15, 0.2) is 0 Å². The van der Waals surface area contributed by atoms with Crippen LogP contribution in [-0.2, 0) is 9.53 Å². The molecule has 0 N–H and O–H groups in total. The second kappa shape index (κ2) is 3.24. The van der Waals surface area contributed by atoms with Gasteiger partial charge in [-0.15, -0.1) is 0 Å². The van der Waals surface area contributed by atoms with Crippen LogP contribution in [0, 0.1) is 23.2 Å². The van der Waals surface area contributed by atoms with E-state index in [1.54, 1.807) is 0 Å². The second-order valence-corrected chi connectivity index (χ2v) is 6.92. The normalized spacial score (nSPS) is 45.8. The summed E-state index contributed by atoms with van der Waals surface area (Å²) < 4.78 is 5.43. The van der Waals surface area contributed by atoms with Crippen LogP contribution in [0.3, 0.4) is 0 Å². The van der Waals surface area contributed by atoms with Crippen molar-refractivity contribution < 1.29 is 9.53 Å². The lowest BCUT2D eigenvalue weighted by Crippen LogP contribution is -2.56. The molecule has 0 aromatic rings. The summed E-state index contributed by atoms with van der Waals surface area (Å²) in [6.07, 6.45) is 8.20. The van der Waals surface area contributed by atoms with Gasteiger partial charge in [-0.2, -0.15) is 0 Å². The van der Waals surface area contributed by atoms with E-state index in [0.717, 1.165) is 17.8 Å². The fourth-order valence-electron chi connectivity index (χ4n) is 5.09. The number of rotatable bonds is 3. The average molecular weight is 222 g/mol. The smallest absolute Gasteiger partial charge is 0.293 e. The highest BCUT2D eigenvalue weighted by atomic mass is 16.5. The third-order valence-electron chi connectivity index (χ3n) is 5.66. The molecule has 0 aliphatic heterocycles. The van der Waals surface area contributed by atoms with E-state index in [2.05, 4.69) is 13.8 Å². The summed E-state index contributed by atoms with van der Waals surface area (Å²) in [4.78, 5) is 10.7. The van der Waals surface area contributed by atoms with Gasteiger partial charge in [-0.1, -0.05) is 0 Å². The van der Waals surface area contributed by atoms with Crippen molar-refractivity contribution in [2.45, 2.75) is 58.0 Å². The molecule has 16 heavy (non-hydrogen) atoms. The van der Waals surface area contributed by atoms with Crippen LogP contribution in [0.4, 0.5) is 0 Å². The maximum absolute atomic E-state index is 10.7. The first-order valence-corrected chi connectivity index (χ1v) is 6.66. The standard InChI is InChI=1S/C14H22O2/c1-13(2,16-9-15)14-6-10-3-11(7-14)5-12(4-10)8-14/h9-12H,3-8H2,1-2H3. The van der Waals surface area contributed by atoms with Crippen molar-refractivity contribution in [3.8, 4) is 0 Å². The molecule has 0 atom stereocenters. The molecule has 2 heteroatoms. The van der Waals surface area contributed by atoms with E-state index in [0.29, 0.717) is 11.9 Å². The molecule has 0 aromatic carbocycles. The zero-order chi connectivity index (χ0) is 11.4. The molecule has 90 valence electrons. The van der Waals surface area contributed by atoms with Crippen molar-refractivity contribution in [2.75, 3.05) is 0 Å². The van der Waals surface area contributed by atoms with Crippen molar-refractivity contribution >= 4 is 6.47 Å². The molecule has 0 amide bonds. The monoisotopic (exact) mass is 222 g/mol. The minimum absolute atomic E-state index is 0.259. The molecule has 0 unspecified atom stereocenters. The lowest BCUT2D eigenvalue weighted by Gasteiger charge is -2.61. The number of hydrogen-bond acceptors (Lipinski definition) is 2. The molecule has 0 heterocycles. The third-order valence-corrected chi connectivity index (χ3v) is 5.66. The van der Waals surface area contributed by atoms with Gasteiger partial charge in [0.25, 0.3) is 6.47 Å². The average Bonchev–Trinajstić information content (AvgIpc) is 2.14. The van der Waals surface area contributed by atoms with Gasteiger partial charge in [-0.25, -0.2) is 0 Å². The van der Waals surface area contributed by atoms with Crippen LogP contribution in [0.5, 0.6) is 0 Å². The van der Waals surface area contributed by atoms with E-state index in [1.165, 1.54) is 38.5 Å². The van der Waals surface area contributed by atoms with E-state index >= 15 is 0 Å². The summed E-state index contributed by atoms with van der Waals surface area (Å²) in [6.45, 7) is 4.89. The number of carbonyl (C=O) groups is 1. The first kappa shape index (κ1) is 10.6. The Labute approximate surface area is 97.7 Å². The Morgan fingerprint density at radius 1 is 1.06 bits per heavy atom. The summed E-state index contributed by atoms with van der Waals surface area (Å²) in [5.74, 6) is 2.75. The van der Waals surface area contributed by atoms with Gasteiger partial charge in [0.1, 0.15) is 5.60 Å². The molecule has 2 nitrogen and oxygen atoms in total. The van der Waals surface area contributed by atoms with E-state index in [4.69, 9.17) is 4.74 Å². The minimum Gasteiger partial charge on any atom is -0.461 e. The highest BCUT2D eigenvalue weighted by molar-refractivity contribution is 5.38. The number of ether oxygens (including phenoxy) is 1. The van der Waals surface area contributed by atoms with Gasteiger partial charge in [-0.3, -0.25) is 4.79 Å². The first-order chi connectivity index (χ1) is 7.55. The maximum Gasteiger partial charge on any atom is 0.293 e. The fourth-order valence-corrected chi connectivity index (χ4v) is 5.09. The van der Waals surface area contributed by atoms with Crippen molar-refractivity contribution in [2.24, 2.45) is 23.2 Å². The molecule has 4 fully saturated rings. The molecular weight excluding hydrogens is 200 g/mol. The van der Waals surface area contributed by atoms with Crippen LogP contribution in [0.15, 0.2) is 0 Å². The predicted molar refractivity (Wildman–Crippen MR) is 61.8 cm³/mol. The fraction of sp³-hybridized carbons (Fsp3) is 0.929. The zero-order valence-electron chi connectivity index (χ0n) is 10.4. The van der Waals surface area contributed by atoms with Crippen LogP contribution in [-0.4, -0.2) is 12.1 Å². The summed E-state index contributed by atoms with van der Waals surface area (Å²) in [6, 6.07) is 0. The summed E-state index contributed by atoms with van der Waals surface area (Å²) >= 11 is 0. The van der Waals surface area contributed by atoms with Crippen molar-refractivity contribution in [3.05, 3.63) is 0 Å². The van der Waals surface area contributed by atoms with Crippen molar-refractivity contribution in [3.63, 3.8) is 0 Å². The molecule has 4 bridgehead atoms. The molecule has 4 aliphatic rings. The SMILES string of the molecule is CC(C)(OC=O)C12CC3CC(CC(C3)C1)C2. The molecule has 0 saturated heterocycles. The largest absolute Gasteiger partial charge is 0.461 e. The highest BCUT2D eigenvalue weighted by Gasteiger charge is 2.58. The Balaban J connectivity index is 1.90. The molecule has 0 radical (unpaired) electrons. The Hall–Kier alpha value is -0.530. The number of carbonyl (C=O) groups excluding carboxylic acids is 1. The topological polar surface area (TPSA) is 26.3 Å². The predicted octanol–water partition coefficient (Wildman–Crippen LogP) is 3.15. The Kier molecular flexibility index (Phi) is 2.15. The lowest BCUT2D eigenvalue weighted by atomic mass is 9.46. The van der Waals surface area contributed by atoms with Crippen molar-refractivity contribution in [1.82, 2.24) is 0 Å². The van der Waals surface area contributed by atoms with E-state index in [-0.39, 0.29) is 5.60 Å². The van der Waals surface area contributed by atoms with Crippen molar-refractivity contribution in [1.29, 1.82) is 0 Å². The summed E-state index contributed by atoms with van der Waals surface area (Å²) in [7, 11) is 0. The molecule has 0 aromatic heterocycles. The molecule has 4 rings (SSSR count). The summed E-state index contributed by atoms with van der Waals surface area (Å²) in [5, 5.41) is 0. The van der Waals surface area contributed by atoms with E-state index in [9.17, 15) is 4.79 Å². The van der Waals surface area contributed by atoms with Crippen LogP contribution in [0.25, 0.3) is 0 Å². The Morgan fingerprint density at radius 2 is 1.50 bits per heavy atom. The highest BCUT2D eigenvalue weighted by Crippen LogP contribution is 2.64. The zero-order valence-corrected chi connectivity index (χ0v) is 10.4. The van der Waals surface area contributed by atoms with Crippen LogP contribution in [0.1, 0.15) is 52.4 Å². The van der Waals surface area contributed by atoms with Gasteiger partial charge in [-0.05, 0) is 70.1 Å². The quantitative estimate of drug-likeness (QED) is 0.686. The van der Waals surface area contributed by atoms with Crippen LogP contribution < -0.4 is 0 Å². The first-order valence-electron chi connectivity index (χ1n) is 6.66. The maximum atomic E-state index is 10.7. The molecular formula is C14H22O2. The van der Waals surface area contributed by atoms with Gasteiger partial charge in [0.05, 0.1) is 0 Å². The van der Waals surface area contributed by atoms with E-state index in [1.807, 2.05) is 0 Å². The van der Waals surface area contributed by atoms with Crippen LogP contribution >= 0.6 is 0 Å². The Bertz CT molecular complexity index is 271. The molecule has 0 spiro atoms. The lowest BCUT2D eigenvalue weighted by molar-refractivity contribution is -0.187. The number of hydrogen-bond donors (Lipinski definition) is 0. The van der Waals surface area contributed by atoms with Gasteiger partial charge >= 0.3 is 0 Å². The molecule has 4 aliphatic carbocycles. The Morgan fingerprint density at radius 3 is 1.88 bits per heavy atom. The van der Waals surface area contributed by atoms with Gasteiger partial charge < -0.3 is 4.74 Å². The second-order valence-electron chi connectivity index (χ2n) is 6.92. The molecule has 4 saturated carbocycles. The minimum atomic E-state index is -0.259. The summed E-state index contributed by atoms with van der Waals surface area (Å²) in [5.41, 5.74) is 0.0351. The third kappa shape index (κ3) is 1.34. The van der Waals surface area contributed by atoms with E-state index < -0.39 is 0 Å².